The standard InChI is InChI=1S/C9H7FN/c1-7(6-11)8-3-2-4-9(10)5-8/h2-5,7H,1H2. The summed E-state index contributed by atoms with van der Waals surface area (Å²) in [4.78, 5) is 0. The summed E-state index contributed by atoms with van der Waals surface area (Å²) in [5.41, 5.74) is 0.618. The number of benzene rings is 1. The smallest absolute Gasteiger partial charge is 0.123 e. The molecule has 0 aliphatic carbocycles. The first-order valence-electron chi connectivity index (χ1n) is 3.22. The van der Waals surface area contributed by atoms with Gasteiger partial charge in [0.1, 0.15) is 5.82 Å². The Labute approximate surface area is 65.1 Å². The first-order chi connectivity index (χ1) is 5.24. The van der Waals surface area contributed by atoms with E-state index < -0.39 is 5.92 Å². The Morgan fingerprint density at radius 2 is 2.27 bits per heavy atom. The van der Waals surface area contributed by atoms with Crippen LogP contribution in [0.2, 0.25) is 0 Å². The maximum atomic E-state index is 12.5. The fourth-order valence-electron chi connectivity index (χ4n) is 0.798. The monoisotopic (exact) mass is 148 g/mol. The van der Waals surface area contributed by atoms with Gasteiger partial charge in [-0.25, -0.2) is 4.39 Å². The molecule has 1 radical (unpaired) electrons. The maximum Gasteiger partial charge on any atom is 0.123 e. The Morgan fingerprint density at radius 1 is 1.55 bits per heavy atom. The third kappa shape index (κ3) is 1.78. The van der Waals surface area contributed by atoms with Crippen LogP contribution in [0.25, 0.3) is 0 Å². The zero-order valence-corrected chi connectivity index (χ0v) is 5.92. The van der Waals surface area contributed by atoms with Gasteiger partial charge >= 0.3 is 0 Å². The van der Waals surface area contributed by atoms with Crippen LogP contribution in [0.1, 0.15) is 11.5 Å². The van der Waals surface area contributed by atoms with Gasteiger partial charge in [0.15, 0.2) is 0 Å². The van der Waals surface area contributed by atoms with Crippen molar-refractivity contribution in [2.24, 2.45) is 0 Å². The van der Waals surface area contributed by atoms with Crippen LogP contribution in [0.5, 0.6) is 0 Å². The molecule has 0 spiro atoms. The van der Waals surface area contributed by atoms with Crippen molar-refractivity contribution in [2.75, 3.05) is 0 Å². The van der Waals surface area contributed by atoms with E-state index >= 15 is 0 Å². The van der Waals surface area contributed by atoms with Gasteiger partial charge in [0.05, 0.1) is 12.0 Å². The van der Waals surface area contributed by atoms with Crippen molar-refractivity contribution in [3.63, 3.8) is 0 Å². The number of halogens is 1. The van der Waals surface area contributed by atoms with Crippen molar-refractivity contribution in [2.45, 2.75) is 5.92 Å². The largest absolute Gasteiger partial charge is 0.207 e. The minimum absolute atomic E-state index is 0.327. The fourth-order valence-corrected chi connectivity index (χ4v) is 0.798. The lowest BCUT2D eigenvalue weighted by atomic mass is 10.0. The van der Waals surface area contributed by atoms with Gasteiger partial charge in [0, 0.05) is 0 Å². The Morgan fingerprint density at radius 3 is 2.82 bits per heavy atom. The van der Waals surface area contributed by atoms with Gasteiger partial charge in [-0.15, -0.1) is 0 Å². The minimum atomic E-state index is -0.481. The molecule has 1 rings (SSSR count). The molecule has 1 nitrogen and oxygen atoms in total. The molecule has 0 N–H and O–H groups in total. The Bertz CT molecular complexity index is 288. The van der Waals surface area contributed by atoms with E-state index in [-0.39, 0.29) is 5.82 Å². The summed E-state index contributed by atoms with van der Waals surface area (Å²) in [6, 6.07) is 7.85. The fraction of sp³-hybridized carbons (Fsp3) is 0.111. The van der Waals surface area contributed by atoms with E-state index in [4.69, 9.17) is 5.26 Å². The summed E-state index contributed by atoms with van der Waals surface area (Å²) >= 11 is 0. The lowest BCUT2D eigenvalue weighted by Gasteiger charge is -2.00. The average Bonchev–Trinajstić information content (AvgIpc) is 2.03. The molecule has 0 amide bonds. The maximum absolute atomic E-state index is 12.5. The summed E-state index contributed by atoms with van der Waals surface area (Å²) in [6.45, 7) is 3.54. The first-order valence-corrected chi connectivity index (χ1v) is 3.22. The predicted octanol–water partition coefficient (Wildman–Crippen LogP) is 2.27. The molecular weight excluding hydrogens is 141 g/mol. The summed E-state index contributed by atoms with van der Waals surface area (Å²) in [5.74, 6) is -0.808. The van der Waals surface area contributed by atoms with Crippen LogP contribution in [-0.2, 0) is 0 Å². The van der Waals surface area contributed by atoms with Crippen LogP contribution in [0.3, 0.4) is 0 Å². The molecule has 0 aromatic heterocycles. The molecule has 0 fully saturated rings. The lowest BCUT2D eigenvalue weighted by Crippen LogP contribution is -1.89. The molecule has 0 aliphatic heterocycles. The van der Waals surface area contributed by atoms with Gasteiger partial charge in [0.2, 0.25) is 0 Å². The van der Waals surface area contributed by atoms with Gasteiger partial charge in [-0.05, 0) is 24.6 Å². The molecular formula is C9H7FN. The molecule has 1 atom stereocenters. The van der Waals surface area contributed by atoms with Gasteiger partial charge in [-0.2, -0.15) is 5.26 Å². The molecule has 0 bridgehead atoms. The van der Waals surface area contributed by atoms with E-state index in [9.17, 15) is 4.39 Å². The van der Waals surface area contributed by atoms with Crippen molar-refractivity contribution in [1.82, 2.24) is 0 Å². The van der Waals surface area contributed by atoms with Crippen molar-refractivity contribution in [3.8, 4) is 6.07 Å². The zero-order chi connectivity index (χ0) is 8.27. The third-order valence-electron chi connectivity index (χ3n) is 1.41. The molecule has 1 aromatic carbocycles. The highest BCUT2D eigenvalue weighted by Crippen LogP contribution is 2.13. The number of hydrogen-bond acceptors (Lipinski definition) is 1. The molecule has 2 heteroatoms. The first kappa shape index (κ1) is 7.74. The quantitative estimate of drug-likeness (QED) is 0.599. The predicted molar refractivity (Wildman–Crippen MR) is 40.1 cm³/mol. The Hall–Kier alpha value is -1.36. The number of hydrogen-bond donors (Lipinski definition) is 0. The number of rotatable bonds is 1. The van der Waals surface area contributed by atoms with E-state index in [2.05, 4.69) is 6.92 Å². The highest BCUT2D eigenvalue weighted by Gasteiger charge is 2.02. The summed E-state index contributed by atoms with van der Waals surface area (Å²) < 4.78 is 12.5. The molecule has 0 saturated carbocycles. The van der Waals surface area contributed by atoms with E-state index in [0.717, 1.165) is 0 Å². The second kappa shape index (κ2) is 3.16. The van der Waals surface area contributed by atoms with Crippen molar-refractivity contribution in [1.29, 1.82) is 5.26 Å². The van der Waals surface area contributed by atoms with Gasteiger partial charge < -0.3 is 0 Å². The van der Waals surface area contributed by atoms with Crippen LogP contribution in [0, 0.1) is 24.1 Å². The van der Waals surface area contributed by atoms with E-state index in [1.807, 2.05) is 6.07 Å². The summed E-state index contributed by atoms with van der Waals surface area (Å²) in [6.07, 6.45) is 0. The van der Waals surface area contributed by atoms with Crippen LogP contribution < -0.4 is 0 Å². The van der Waals surface area contributed by atoms with Crippen LogP contribution in [-0.4, -0.2) is 0 Å². The van der Waals surface area contributed by atoms with Crippen LogP contribution in [0.4, 0.5) is 4.39 Å². The van der Waals surface area contributed by atoms with Gasteiger partial charge in [0.25, 0.3) is 0 Å². The summed E-state index contributed by atoms with van der Waals surface area (Å²) in [7, 11) is 0. The topological polar surface area (TPSA) is 23.8 Å². The highest BCUT2D eigenvalue weighted by molar-refractivity contribution is 5.26. The van der Waals surface area contributed by atoms with Gasteiger partial charge in [-0.3, -0.25) is 0 Å². The molecule has 11 heavy (non-hydrogen) atoms. The molecule has 0 heterocycles. The van der Waals surface area contributed by atoms with Crippen molar-refractivity contribution in [3.05, 3.63) is 42.6 Å². The van der Waals surface area contributed by atoms with Gasteiger partial charge in [-0.1, -0.05) is 12.1 Å². The summed E-state index contributed by atoms with van der Waals surface area (Å²) in [5, 5.41) is 8.44. The molecule has 1 unspecified atom stereocenters. The van der Waals surface area contributed by atoms with Crippen molar-refractivity contribution < 1.29 is 4.39 Å². The lowest BCUT2D eigenvalue weighted by molar-refractivity contribution is 0.625. The molecule has 1 aromatic rings. The SMILES string of the molecule is [CH2]C(C#N)c1cccc(F)c1. The normalized spacial score (nSPS) is 12.1. The minimum Gasteiger partial charge on any atom is -0.207 e. The van der Waals surface area contributed by atoms with Crippen molar-refractivity contribution >= 4 is 0 Å². The third-order valence-corrected chi connectivity index (χ3v) is 1.41. The van der Waals surface area contributed by atoms with E-state index in [1.165, 1.54) is 12.1 Å². The van der Waals surface area contributed by atoms with Crippen LogP contribution >= 0.6 is 0 Å². The molecule has 0 saturated heterocycles. The van der Waals surface area contributed by atoms with E-state index in [0.29, 0.717) is 5.56 Å². The Balaban J connectivity index is 2.98. The van der Waals surface area contributed by atoms with E-state index in [1.54, 1.807) is 12.1 Å². The average molecular weight is 148 g/mol. The second-order valence-electron chi connectivity index (χ2n) is 2.24. The molecule has 55 valence electrons. The Kier molecular flexibility index (Phi) is 2.22. The molecule has 0 aliphatic rings. The van der Waals surface area contributed by atoms with Crippen LogP contribution in [0.15, 0.2) is 24.3 Å². The number of nitriles is 1. The number of nitrogens with zero attached hydrogens (tertiary/aromatic N) is 1. The highest BCUT2D eigenvalue weighted by atomic mass is 19.1. The second-order valence-corrected chi connectivity index (χ2v) is 2.24. The zero-order valence-electron chi connectivity index (χ0n) is 5.92.